The van der Waals surface area contributed by atoms with Crippen LogP contribution in [0, 0.1) is 5.92 Å². The minimum absolute atomic E-state index is 0.338. The zero-order valence-corrected chi connectivity index (χ0v) is 12.1. The van der Waals surface area contributed by atoms with Crippen LogP contribution in [0.25, 0.3) is 0 Å². The fraction of sp³-hybridized carbons (Fsp3) is 0.688. The number of rotatable bonds is 8. The molecule has 0 aliphatic heterocycles. The summed E-state index contributed by atoms with van der Waals surface area (Å²) in [6, 6.07) is 0. The molecule has 1 saturated carbocycles. The van der Waals surface area contributed by atoms with E-state index >= 15 is 0 Å². The number of unbranched alkanes of at least 4 members (excludes halogenated alkanes) is 1. The Balaban J connectivity index is 2.31. The van der Waals surface area contributed by atoms with Crippen molar-refractivity contribution < 1.29 is 4.79 Å². The number of amides is 1. The molecule has 0 bridgehead atoms. The second kappa shape index (κ2) is 8.12. The molecule has 1 aliphatic rings. The van der Waals surface area contributed by atoms with Crippen LogP contribution in [0.1, 0.15) is 52.9 Å². The summed E-state index contributed by atoms with van der Waals surface area (Å²) in [6.45, 7) is 7.99. The Hall–Kier alpha value is -1.05. The number of hydrogen-bond acceptors (Lipinski definition) is 1. The topological polar surface area (TPSA) is 20.3 Å². The van der Waals surface area contributed by atoms with Gasteiger partial charge >= 0.3 is 0 Å². The molecular weight excluding hydrogens is 222 g/mol. The largest absolute Gasteiger partial charge is 0.339 e. The van der Waals surface area contributed by atoms with Gasteiger partial charge in [0, 0.05) is 19.0 Å². The van der Waals surface area contributed by atoms with Crippen LogP contribution in [-0.4, -0.2) is 23.9 Å². The molecule has 0 aromatic rings. The summed E-state index contributed by atoms with van der Waals surface area (Å²) in [7, 11) is 0. The van der Waals surface area contributed by atoms with E-state index in [-0.39, 0.29) is 0 Å². The van der Waals surface area contributed by atoms with E-state index in [0.717, 1.165) is 45.2 Å². The average Bonchev–Trinajstić information content (AvgIpc) is 3.19. The molecule has 0 unspecified atom stereocenters. The molecule has 0 saturated heterocycles. The minimum atomic E-state index is 0.338. The van der Waals surface area contributed by atoms with Gasteiger partial charge in [-0.1, -0.05) is 30.7 Å². The van der Waals surface area contributed by atoms with E-state index in [9.17, 15) is 4.79 Å². The number of likely N-dealkylation sites (N-methyl/N-ethyl adjacent to an activating group) is 1. The zero-order chi connectivity index (χ0) is 13.4. The van der Waals surface area contributed by atoms with Crippen molar-refractivity contribution in [2.45, 2.75) is 52.9 Å². The van der Waals surface area contributed by atoms with Crippen LogP contribution in [0.2, 0.25) is 0 Å². The van der Waals surface area contributed by atoms with Crippen molar-refractivity contribution in [1.29, 1.82) is 0 Å². The van der Waals surface area contributed by atoms with Gasteiger partial charge in [-0.3, -0.25) is 4.79 Å². The summed E-state index contributed by atoms with van der Waals surface area (Å²) >= 11 is 0. The molecule has 0 aromatic heterocycles. The predicted molar refractivity (Wildman–Crippen MR) is 77.4 cm³/mol. The summed E-state index contributed by atoms with van der Waals surface area (Å²) in [5.74, 6) is 0.696. The lowest BCUT2D eigenvalue weighted by atomic mass is 10.2. The Bertz CT molecular complexity index is 313. The third kappa shape index (κ3) is 5.52. The number of hydrogen-bond donors (Lipinski definition) is 0. The number of nitrogens with zero attached hydrogens (tertiary/aromatic N) is 1. The second-order valence-electron chi connectivity index (χ2n) is 5.13. The van der Waals surface area contributed by atoms with Gasteiger partial charge in [0.1, 0.15) is 0 Å². The van der Waals surface area contributed by atoms with Gasteiger partial charge in [0.2, 0.25) is 5.91 Å². The van der Waals surface area contributed by atoms with Crippen molar-refractivity contribution in [2.24, 2.45) is 5.92 Å². The van der Waals surface area contributed by atoms with Crippen molar-refractivity contribution in [3.05, 3.63) is 23.8 Å². The Morgan fingerprint density at radius 3 is 2.50 bits per heavy atom. The molecule has 0 radical (unpaired) electrons. The van der Waals surface area contributed by atoms with Gasteiger partial charge in [-0.05, 0) is 46.0 Å². The van der Waals surface area contributed by atoms with E-state index < -0.39 is 0 Å². The Morgan fingerprint density at radius 2 is 1.94 bits per heavy atom. The number of carbonyl (C=O) groups excluding carboxylic acids is 1. The monoisotopic (exact) mass is 249 g/mol. The Morgan fingerprint density at radius 1 is 1.22 bits per heavy atom. The average molecular weight is 249 g/mol. The lowest BCUT2D eigenvalue weighted by Crippen LogP contribution is -2.33. The van der Waals surface area contributed by atoms with Crippen molar-refractivity contribution >= 4 is 5.91 Å². The SMILES string of the molecule is CC/C=C\CC/C=C(\C)CN(CC)C(=O)C1CC1. The maximum atomic E-state index is 12.0. The third-order valence-corrected chi connectivity index (χ3v) is 3.29. The highest BCUT2D eigenvalue weighted by Gasteiger charge is 2.32. The van der Waals surface area contributed by atoms with Gasteiger partial charge in [0.25, 0.3) is 0 Å². The van der Waals surface area contributed by atoms with E-state index in [1.165, 1.54) is 5.57 Å². The molecule has 18 heavy (non-hydrogen) atoms. The lowest BCUT2D eigenvalue weighted by Gasteiger charge is -2.21. The van der Waals surface area contributed by atoms with Crippen LogP contribution in [0.4, 0.5) is 0 Å². The Labute approximate surface area is 112 Å². The number of allylic oxidation sites excluding steroid dienone is 3. The predicted octanol–water partition coefficient (Wildman–Crippen LogP) is 3.94. The van der Waals surface area contributed by atoms with Crippen molar-refractivity contribution in [2.75, 3.05) is 13.1 Å². The summed E-state index contributed by atoms with van der Waals surface area (Å²) in [5, 5.41) is 0. The third-order valence-electron chi connectivity index (χ3n) is 3.29. The van der Waals surface area contributed by atoms with E-state index in [0.29, 0.717) is 11.8 Å². The van der Waals surface area contributed by atoms with Gasteiger partial charge < -0.3 is 4.90 Å². The molecule has 0 N–H and O–H groups in total. The zero-order valence-electron chi connectivity index (χ0n) is 12.1. The van der Waals surface area contributed by atoms with Gasteiger partial charge in [-0.15, -0.1) is 0 Å². The summed E-state index contributed by atoms with van der Waals surface area (Å²) in [6.07, 6.45) is 12.2. The Kier molecular flexibility index (Phi) is 6.77. The first kappa shape index (κ1) is 15.0. The fourth-order valence-electron chi connectivity index (χ4n) is 2.01. The van der Waals surface area contributed by atoms with Crippen LogP contribution >= 0.6 is 0 Å². The van der Waals surface area contributed by atoms with Gasteiger partial charge in [0.15, 0.2) is 0 Å². The maximum Gasteiger partial charge on any atom is 0.225 e. The molecule has 1 rings (SSSR count). The van der Waals surface area contributed by atoms with E-state index in [1.807, 2.05) is 4.90 Å². The quantitative estimate of drug-likeness (QED) is 0.471. The minimum Gasteiger partial charge on any atom is -0.339 e. The number of carbonyl (C=O) groups is 1. The van der Waals surface area contributed by atoms with E-state index in [2.05, 4.69) is 39.0 Å². The van der Waals surface area contributed by atoms with E-state index in [4.69, 9.17) is 0 Å². The van der Waals surface area contributed by atoms with Crippen LogP contribution in [0.3, 0.4) is 0 Å². The molecule has 1 aliphatic carbocycles. The highest BCUT2D eigenvalue weighted by Crippen LogP contribution is 2.31. The molecule has 1 fully saturated rings. The smallest absolute Gasteiger partial charge is 0.225 e. The molecule has 102 valence electrons. The molecule has 0 spiro atoms. The fourth-order valence-corrected chi connectivity index (χ4v) is 2.01. The van der Waals surface area contributed by atoms with Crippen LogP contribution in [-0.2, 0) is 4.79 Å². The highest BCUT2D eigenvalue weighted by atomic mass is 16.2. The first-order valence-electron chi connectivity index (χ1n) is 7.28. The molecule has 0 heterocycles. The first-order chi connectivity index (χ1) is 8.69. The van der Waals surface area contributed by atoms with Crippen LogP contribution in [0.5, 0.6) is 0 Å². The molecular formula is C16H27NO. The lowest BCUT2D eigenvalue weighted by molar-refractivity contribution is -0.131. The molecule has 2 nitrogen and oxygen atoms in total. The van der Waals surface area contributed by atoms with Crippen LogP contribution in [0.15, 0.2) is 23.8 Å². The summed E-state index contributed by atoms with van der Waals surface area (Å²) in [5.41, 5.74) is 1.32. The van der Waals surface area contributed by atoms with Gasteiger partial charge in [-0.2, -0.15) is 0 Å². The normalized spacial score (nSPS) is 16.3. The second-order valence-corrected chi connectivity index (χ2v) is 5.13. The van der Waals surface area contributed by atoms with Crippen molar-refractivity contribution in [3.63, 3.8) is 0 Å². The van der Waals surface area contributed by atoms with Crippen molar-refractivity contribution in [3.8, 4) is 0 Å². The van der Waals surface area contributed by atoms with Crippen LogP contribution < -0.4 is 0 Å². The molecule has 0 atom stereocenters. The summed E-state index contributed by atoms with van der Waals surface area (Å²) in [4.78, 5) is 14.0. The molecule has 0 aromatic carbocycles. The van der Waals surface area contributed by atoms with E-state index in [1.54, 1.807) is 0 Å². The highest BCUT2D eigenvalue weighted by molar-refractivity contribution is 5.81. The summed E-state index contributed by atoms with van der Waals surface area (Å²) < 4.78 is 0. The van der Waals surface area contributed by atoms with Gasteiger partial charge in [-0.25, -0.2) is 0 Å². The molecule has 1 amide bonds. The maximum absolute atomic E-state index is 12.0. The standard InChI is InChI=1S/C16H27NO/c1-4-6-7-8-9-10-14(3)13-17(5-2)16(18)15-11-12-15/h6-7,10,15H,4-5,8-9,11-13H2,1-3H3/b7-6-,14-10+. The molecule has 2 heteroatoms. The van der Waals surface area contributed by atoms with Gasteiger partial charge in [0.05, 0.1) is 0 Å². The van der Waals surface area contributed by atoms with Crippen molar-refractivity contribution in [1.82, 2.24) is 4.90 Å². The first-order valence-corrected chi connectivity index (χ1v) is 7.28.